The Morgan fingerprint density at radius 2 is 1.65 bits per heavy atom. The highest BCUT2D eigenvalue weighted by Gasteiger charge is 2.25. The fourth-order valence-electron chi connectivity index (χ4n) is 4.60. The number of amides is 3. The lowest BCUT2D eigenvalue weighted by Crippen LogP contribution is -2.51. The van der Waals surface area contributed by atoms with E-state index in [9.17, 15) is 14.4 Å². The third kappa shape index (κ3) is 5.45. The Kier molecular flexibility index (Phi) is 7.02. The van der Waals surface area contributed by atoms with Crippen molar-refractivity contribution in [1.82, 2.24) is 29.5 Å². The number of thiazole rings is 1. The summed E-state index contributed by atoms with van der Waals surface area (Å²) < 4.78 is 1.61. The van der Waals surface area contributed by atoms with Crippen LogP contribution in [0.25, 0.3) is 21.5 Å². The number of hydrogen-bond donors (Lipinski definition) is 1. The second kappa shape index (κ2) is 11.1. The van der Waals surface area contributed by atoms with E-state index in [1.54, 1.807) is 56.7 Å². The summed E-state index contributed by atoms with van der Waals surface area (Å²) in [5, 5.41) is 10.7. The fraction of sp³-hybridized carbons (Fsp3) is 0.172. The number of benzene rings is 2. The molecule has 6 rings (SSSR count). The van der Waals surface area contributed by atoms with E-state index in [0.717, 1.165) is 21.5 Å². The molecule has 0 saturated carbocycles. The van der Waals surface area contributed by atoms with Gasteiger partial charge in [-0.3, -0.25) is 24.0 Å². The molecule has 200 valence electrons. The SMILES string of the molecule is O=C(Nc1ccc2nn(CC(=O)N3CCN(C(=O)c4ccccc4)CC3)cc2c1)c1csc(-c2ccncc2)n1. The van der Waals surface area contributed by atoms with Gasteiger partial charge >= 0.3 is 0 Å². The number of piperazine rings is 1. The van der Waals surface area contributed by atoms with Crippen LogP contribution in [-0.2, 0) is 11.3 Å². The molecule has 0 bridgehead atoms. The number of nitrogens with one attached hydrogen (secondary N) is 1. The van der Waals surface area contributed by atoms with Crippen molar-refractivity contribution < 1.29 is 14.4 Å². The highest BCUT2D eigenvalue weighted by Crippen LogP contribution is 2.24. The largest absolute Gasteiger partial charge is 0.338 e. The van der Waals surface area contributed by atoms with Crippen molar-refractivity contribution in [3.05, 3.63) is 95.9 Å². The van der Waals surface area contributed by atoms with E-state index in [4.69, 9.17) is 0 Å². The lowest BCUT2D eigenvalue weighted by molar-refractivity contribution is -0.133. The van der Waals surface area contributed by atoms with Crippen LogP contribution in [0.5, 0.6) is 0 Å². The molecule has 1 aliphatic heterocycles. The minimum atomic E-state index is -0.302. The summed E-state index contributed by atoms with van der Waals surface area (Å²) in [6, 6.07) is 18.3. The zero-order valence-corrected chi connectivity index (χ0v) is 22.3. The number of carbonyl (C=O) groups is 3. The number of carbonyl (C=O) groups excluding carboxylic acids is 3. The number of hydrogen-bond acceptors (Lipinski definition) is 7. The van der Waals surface area contributed by atoms with Gasteiger partial charge in [0.25, 0.3) is 11.8 Å². The molecular formula is C29H25N7O3S. The molecule has 1 saturated heterocycles. The Balaban J connectivity index is 1.06. The predicted molar refractivity (Wildman–Crippen MR) is 152 cm³/mol. The monoisotopic (exact) mass is 551 g/mol. The average Bonchev–Trinajstić information content (AvgIpc) is 3.65. The lowest BCUT2D eigenvalue weighted by atomic mass is 10.2. The normalized spacial score (nSPS) is 13.4. The highest BCUT2D eigenvalue weighted by atomic mass is 32.1. The molecule has 3 amide bonds. The topological polar surface area (TPSA) is 113 Å². The number of aromatic nitrogens is 4. The first-order valence-corrected chi connectivity index (χ1v) is 13.7. The smallest absolute Gasteiger partial charge is 0.275 e. The van der Waals surface area contributed by atoms with Gasteiger partial charge in [-0.15, -0.1) is 11.3 Å². The second-order valence-corrected chi connectivity index (χ2v) is 10.2. The molecule has 11 heteroatoms. The maximum Gasteiger partial charge on any atom is 0.275 e. The molecule has 0 aliphatic carbocycles. The molecule has 10 nitrogen and oxygen atoms in total. The van der Waals surface area contributed by atoms with E-state index in [2.05, 4.69) is 20.4 Å². The summed E-state index contributed by atoms with van der Waals surface area (Å²) >= 11 is 1.40. The fourth-order valence-corrected chi connectivity index (χ4v) is 5.40. The van der Waals surface area contributed by atoms with Gasteiger partial charge in [0, 0.05) is 72.4 Å². The van der Waals surface area contributed by atoms with Gasteiger partial charge in [0.05, 0.1) is 5.52 Å². The van der Waals surface area contributed by atoms with Crippen LogP contribution in [0.2, 0.25) is 0 Å². The number of pyridine rings is 1. The van der Waals surface area contributed by atoms with Crippen molar-refractivity contribution in [3.63, 3.8) is 0 Å². The first-order valence-electron chi connectivity index (χ1n) is 12.8. The van der Waals surface area contributed by atoms with Crippen molar-refractivity contribution in [2.75, 3.05) is 31.5 Å². The lowest BCUT2D eigenvalue weighted by Gasteiger charge is -2.34. The third-order valence-electron chi connectivity index (χ3n) is 6.71. The summed E-state index contributed by atoms with van der Waals surface area (Å²) in [6.45, 7) is 2.04. The van der Waals surface area contributed by atoms with Crippen LogP contribution < -0.4 is 5.32 Å². The van der Waals surface area contributed by atoms with E-state index < -0.39 is 0 Å². The minimum absolute atomic E-state index is 0.0158. The summed E-state index contributed by atoms with van der Waals surface area (Å²) in [6.07, 6.45) is 5.17. The molecule has 1 aliphatic rings. The molecule has 5 aromatic rings. The van der Waals surface area contributed by atoms with E-state index in [1.807, 2.05) is 42.5 Å². The van der Waals surface area contributed by atoms with Crippen LogP contribution in [0, 0.1) is 0 Å². The zero-order valence-electron chi connectivity index (χ0n) is 21.4. The van der Waals surface area contributed by atoms with Gasteiger partial charge in [0.15, 0.2) is 0 Å². The van der Waals surface area contributed by atoms with Gasteiger partial charge in [0.1, 0.15) is 17.2 Å². The van der Waals surface area contributed by atoms with Gasteiger partial charge in [0.2, 0.25) is 5.91 Å². The standard InChI is InChI=1S/C29H25N7O3S/c37-26(34-12-14-35(15-13-34)29(39)21-4-2-1-3-5-21)18-36-17-22-16-23(6-7-24(22)33-36)31-27(38)25-19-40-28(32-25)20-8-10-30-11-9-20/h1-11,16-17,19H,12-15,18H2,(H,31,38). The predicted octanol–water partition coefficient (Wildman–Crippen LogP) is 3.79. The Labute approximate surface area is 233 Å². The second-order valence-electron chi connectivity index (χ2n) is 9.37. The van der Waals surface area contributed by atoms with E-state index in [0.29, 0.717) is 43.1 Å². The van der Waals surface area contributed by atoms with Crippen molar-refractivity contribution in [1.29, 1.82) is 0 Å². The van der Waals surface area contributed by atoms with Crippen molar-refractivity contribution >= 4 is 45.6 Å². The number of fused-ring (bicyclic) bond motifs is 1. The van der Waals surface area contributed by atoms with Gasteiger partial charge in [-0.05, 0) is 42.5 Å². The van der Waals surface area contributed by atoms with Crippen LogP contribution >= 0.6 is 11.3 Å². The first-order chi connectivity index (χ1) is 19.5. The number of nitrogens with zero attached hydrogens (tertiary/aromatic N) is 6. The number of anilines is 1. The molecule has 4 heterocycles. The minimum Gasteiger partial charge on any atom is -0.338 e. The Morgan fingerprint density at radius 3 is 2.42 bits per heavy atom. The maximum absolute atomic E-state index is 13.0. The zero-order chi connectivity index (χ0) is 27.5. The van der Waals surface area contributed by atoms with E-state index in [1.165, 1.54) is 11.3 Å². The van der Waals surface area contributed by atoms with Crippen molar-refractivity contribution in [3.8, 4) is 10.6 Å². The molecule has 0 unspecified atom stereocenters. The van der Waals surface area contributed by atoms with Crippen LogP contribution in [0.4, 0.5) is 5.69 Å². The molecule has 0 spiro atoms. The van der Waals surface area contributed by atoms with Crippen molar-refractivity contribution in [2.45, 2.75) is 6.54 Å². The highest BCUT2D eigenvalue weighted by molar-refractivity contribution is 7.13. The van der Waals surface area contributed by atoms with Crippen LogP contribution in [0.1, 0.15) is 20.8 Å². The van der Waals surface area contributed by atoms with E-state index in [-0.39, 0.29) is 24.3 Å². The van der Waals surface area contributed by atoms with Crippen molar-refractivity contribution in [2.24, 2.45) is 0 Å². The molecule has 0 atom stereocenters. The van der Waals surface area contributed by atoms with Crippen LogP contribution in [0.3, 0.4) is 0 Å². The van der Waals surface area contributed by atoms with Gasteiger partial charge < -0.3 is 15.1 Å². The molecule has 40 heavy (non-hydrogen) atoms. The summed E-state index contributed by atoms with van der Waals surface area (Å²) in [5.74, 6) is -0.372. The van der Waals surface area contributed by atoms with Crippen LogP contribution in [0.15, 0.2) is 84.6 Å². The maximum atomic E-state index is 13.0. The molecular weight excluding hydrogens is 526 g/mol. The van der Waals surface area contributed by atoms with Gasteiger partial charge in [-0.1, -0.05) is 18.2 Å². The summed E-state index contributed by atoms with van der Waals surface area (Å²) in [5.41, 5.74) is 3.23. The molecule has 1 fully saturated rings. The Bertz CT molecular complexity index is 1680. The van der Waals surface area contributed by atoms with E-state index >= 15 is 0 Å². The quantitative estimate of drug-likeness (QED) is 0.344. The van der Waals surface area contributed by atoms with Gasteiger partial charge in [-0.25, -0.2) is 4.98 Å². The molecule has 2 aromatic carbocycles. The summed E-state index contributed by atoms with van der Waals surface area (Å²) in [7, 11) is 0. The third-order valence-corrected chi connectivity index (χ3v) is 7.60. The van der Waals surface area contributed by atoms with Crippen LogP contribution in [-0.4, -0.2) is 73.4 Å². The Hall–Kier alpha value is -4.90. The number of rotatable bonds is 6. The molecule has 3 aromatic heterocycles. The average molecular weight is 552 g/mol. The molecule has 1 N–H and O–H groups in total. The Morgan fingerprint density at radius 1 is 0.900 bits per heavy atom. The summed E-state index contributed by atoms with van der Waals surface area (Å²) in [4.78, 5) is 50.4. The molecule has 0 radical (unpaired) electrons. The van der Waals surface area contributed by atoms with Gasteiger partial charge in [-0.2, -0.15) is 5.10 Å². The first kappa shape index (κ1) is 25.4.